The number of guanidine groups is 1. The van der Waals surface area contributed by atoms with Crippen LogP contribution in [0.25, 0.3) is 10.8 Å². The number of nitrogens with zero attached hydrogens (tertiary/aromatic N) is 2. The molecule has 1 heterocycles. The minimum atomic E-state index is 0. The molecule has 1 aliphatic rings. The van der Waals surface area contributed by atoms with Crippen LogP contribution in [0.5, 0.6) is 5.75 Å². The second-order valence-corrected chi connectivity index (χ2v) is 6.78. The third kappa shape index (κ3) is 5.72. The van der Waals surface area contributed by atoms with Crippen LogP contribution in [0.15, 0.2) is 41.4 Å². The normalized spacial score (nSPS) is 17.6. The molecule has 1 fully saturated rings. The molecule has 27 heavy (non-hydrogen) atoms. The van der Waals surface area contributed by atoms with Crippen molar-refractivity contribution in [2.24, 2.45) is 4.99 Å². The van der Waals surface area contributed by atoms with Crippen molar-refractivity contribution in [1.29, 1.82) is 0 Å². The highest BCUT2D eigenvalue weighted by Crippen LogP contribution is 2.21. The predicted molar refractivity (Wildman–Crippen MR) is 124 cm³/mol. The number of benzene rings is 2. The molecule has 2 aromatic rings. The van der Waals surface area contributed by atoms with E-state index in [1.807, 2.05) is 13.1 Å². The van der Waals surface area contributed by atoms with Gasteiger partial charge in [-0.25, -0.2) is 0 Å². The number of aliphatic imine (C=N–C) groups is 1. The van der Waals surface area contributed by atoms with Crippen molar-refractivity contribution in [1.82, 2.24) is 15.5 Å². The van der Waals surface area contributed by atoms with E-state index in [0.29, 0.717) is 6.04 Å². The van der Waals surface area contributed by atoms with Gasteiger partial charge in [-0.2, -0.15) is 0 Å². The molecule has 3 rings (SSSR count). The number of likely N-dealkylation sites (tertiary alicyclic amines) is 1. The third-order valence-electron chi connectivity index (χ3n) is 5.21. The van der Waals surface area contributed by atoms with Gasteiger partial charge in [0.25, 0.3) is 0 Å². The fourth-order valence-corrected chi connectivity index (χ4v) is 3.67. The van der Waals surface area contributed by atoms with Crippen molar-refractivity contribution < 1.29 is 4.74 Å². The van der Waals surface area contributed by atoms with E-state index >= 15 is 0 Å². The highest BCUT2D eigenvalue weighted by atomic mass is 127. The standard InChI is InChI=1S/C21H30N4O.HI/c1-4-25-11-5-6-19(25)15-24-21(22-2)23-14-16-7-8-18-13-20(26-3)10-9-17(18)12-16;/h7-10,12-13,19H,4-6,11,14-15H2,1-3H3,(H2,22,23,24);1H. The summed E-state index contributed by atoms with van der Waals surface area (Å²) in [6.07, 6.45) is 2.57. The Bertz CT molecular complexity index is 765. The van der Waals surface area contributed by atoms with E-state index in [0.717, 1.165) is 31.3 Å². The van der Waals surface area contributed by atoms with Crippen molar-refractivity contribution in [3.8, 4) is 5.75 Å². The largest absolute Gasteiger partial charge is 0.497 e. The van der Waals surface area contributed by atoms with Crippen LogP contribution in [0.2, 0.25) is 0 Å². The Morgan fingerprint density at radius 2 is 1.96 bits per heavy atom. The van der Waals surface area contributed by atoms with Crippen molar-refractivity contribution in [3.05, 3.63) is 42.0 Å². The average Bonchev–Trinajstić information content (AvgIpc) is 3.15. The van der Waals surface area contributed by atoms with Gasteiger partial charge in [0, 0.05) is 26.2 Å². The molecular weight excluding hydrogens is 451 g/mol. The number of methoxy groups -OCH3 is 1. The quantitative estimate of drug-likeness (QED) is 0.375. The molecule has 5 nitrogen and oxygen atoms in total. The van der Waals surface area contributed by atoms with Gasteiger partial charge in [0.05, 0.1) is 7.11 Å². The molecule has 0 amide bonds. The van der Waals surface area contributed by atoms with Crippen molar-refractivity contribution in [2.45, 2.75) is 32.4 Å². The van der Waals surface area contributed by atoms with Crippen LogP contribution in [0, 0.1) is 0 Å². The van der Waals surface area contributed by atoms with E-state index in [1.54, 1.807) is 7.11 Å². The molecule has 0 bridgehead atoms. The first-order valence-corrected chi connectivity index (χ1v) is 9.48. The maximum absolute atomic E-state index is 5.29. The van der Waals surface area contributed by atoms with Gasteiger partial charge in [-0.15, -0.1) is 24.0 Å². The van der Waals surface area contributed by atoms with Crippen molar-refractivity contribution in [3.63, 3.8) is 0 Å². The Morgan fingerprint density at radius 1 is 1.19 bits per heavy atom. The molecule has 0 spiro atoms. The second kappa shape index (κ2) is 10.7. The van der Waals surface area contributed by atoms with E-state index in [9.17, 15) is 0 Å². The summed E-state index contributed by atoms with van der Waals surface area (Å²) in [4.78, 5) is 6.90. The lowest BCUT2D eigenvalue weighted by Gasteiger charge is -2.24. The van der Waals surface area contributed by atoms with Crippen LogP contribution in [-0.2, 0) is 6.54 Å². The van der Waals surface area contributed by atoms with E-state index in [1.165, 1.54) is 35.7 Å². The number of halogens is 1. The summed E-state index contributed by atoms with van der Waals surface area (Å²) in [7, 11) is 3.53. The fourth-order valence-electron chi connectivity index (χ4n) is 3.67. The molecule has 148 valence electrons. The summed E-state index contributed by atoms with van der Waals surface area (Å²) in [6.45, 7) is 6.28. The number of hydrogen-bond acceptors (Lipinski definition) is 3. The molecule has 6 heteroatoms. The summed E-state index contributed by atoms with van der Waals surface area (Å²) in [6, 6.07) is 13.3. The van der Waals surface area contributed by atoms with E-state index in [2.05, 4.69) is 57.8 Å². The van der Waals surface area contributed by atoms with Gasteiger partial charge in [0.15, 0.2) is 5.96 Å². The molecule has 2 aromatic carbocycles. The summed E-state index contributed by atoms with van der Waals surface area (Å²) >= 11 is 0. The third-order valence-corrected chi connectivity index (χ3v) is 5.21. The van der Waals surface area contributed by atoms with Crippen molar-refractivity contribution in [2.75, 3.05) is 33.8 Å². The molecule has 1 saturated heterocycles. The number of nitrogens with one attached hydrogen (secondary N) is 2. The molecule has 1 atom stereocenters. The zero-order valence-electron chi connectivity index (χ0n) is 16.5. The molecule has 0 aromatic heterocycles. The van der Waals surface area contributed by atoms with Crippen LogP contribution < -0.4 is 15.4 Å². The molecule has 0 saturated carbocycles. The summed E-state index contributed by atoms with van der Waals surface area (Å²) in [5, 5.41) is 9.32. The predicted octanol–water partition coefficient (Wildman–Crippen LogP) is 3.62. The monoisotopic (exact) mass is 482 g/mol. The number of rotatable bonds is 6. The lowest BCUT2D eigenvalue weighted by Crippen LogP contribution is -2.44. The number of ether oxygens (including phenoxy) is 1. The molecular formula is C21H31IN4O. The second-order valence-electron chi connectivity index (χ2n) is 6.78. The fraction of sp³-hybridized carbons (Fsp3) is 0.476. The van der Waals surface area contributed by atoms with Crippen LogP contribution in [0.4, 0.5) is 0 Å². The topological polar surface area (TPSA) is 48.9 Å². The first-order valence-electron chi connectivity index (χ1n) is 9.48. The molecule has 1 aliphatic heterocycles. The Kier molecular flexibility index (Phi) is 8.63. The van der Waals surface area contributed by atoms with Gasteiger partial charge >= 0.3 is 0 Å². The first-order chi connectivity index (χ1) is 12.7. The maximum Gasteiger partial charge on any atom is 0.191 e. The average molecular weight is 482 g/mol. The van der Waals surface area contributed by atoms with Crippen molar-refractivity contribution >= 4 is 40.7 Å². The molecule has 0 aliphatic carbocycles. The smallest absolute Gasteiger partial charge is 0.191 e. The van der Waals surface area contributed by atoms with Crippen LogP contribution >= 0.6 is 24.0 Å². The van der Waals surface area contributed by atoms with Crippen LogP contribution in [0.1, 0.15) is 25.3 Å². The van der Waals surface area contributed by atoms with Gasteiger partial charge in [-0.3, -0.25) is 9.89 Å². The maximum atomic E-state index is 5.29. The lowest BCUT2D eigenvalue weighted by molar-refractivity contribution is 0.267. The summed E-state index contributed by atoms with van der Waals surface area (Å²) < 4.78 is 5.29. The van der Waals surface area contributed by atoms with Crippen LogP contribution in [0.3, 0.4) is 0 Å². The molecule has 2 N–H and O–H groups in total. The Labute approximate surface area is 179 Å². The zero-order valence-corrected chi connectivity index (χ0v) is 18.8. The van der Waals surface area contributed by atoms with Crippen LogP contribution in [-0.4, -0.2) is 50.7 Å². The lowest BCUT2D eigenvalue weighted by atomic mass is 10.1. The summed E-state index contributed by atoms with van der Waals surface area (Å²) in [5.74, 6) is 1.75. The van der Waals surface area contributed by atoms with Gasteiger partial charge in [-0.1, -0.05) is 25.1 Å². The van der Waals surface area contributed by atoms with Gasteiger partial charge in [-0.05, 0) is 60.5 Å². The minimum Gasteiger partial charge on any atom is -0.497 e. The van der Waals surface area contributed by atoms with Gasteiger partial charge in [0.2, 0.25) is 0 Å². The molecule has 0 radical (unpaired) electrons. The minimum absolute atomic E-state index is 0. The van der Waals surface area contributed by atoms with E-state index in [-0.39, 0.29) is 24.0 Å². The Balaban J connectivity index is 0.00000261. The Hall–Kier alpha value is -1.54. The van der Waals surface area contributed by atoms with E-state index < -0.39 is 0 Å². The van der Waals surface area contributed by atoms with Gasteiger partial charge in [0.1, 0.15) is 5.75 Å². The highest BCUT2D eigenvalue weighted by molar-refractivity contribution is 14.0. The molecule has 1 unspecified atom stereocenters. The van der Waals surface area contributed by atoms with Gasteiger partial charge < -0.3 is 15.4 Å². The number of likely N-dealkylation sites (N-methyl/N-ethyl adjacent to an activating group) is 1. The zero-order chi connectivity index (χ0) is 18.4. The number of fused-ring (bicyclic) bond motifs is 1. The summed E-state index contributed by atoms with van der Waals surface area (Å²) in [5.41, 5.74) is 1.24. The highest BCUT2D eigenvalue weighted by Gasteiger charge is 2.22. The van der Waals surface area contributed by atoms with E-state index in [4.69, 9.17) is 4.74 Å². The SMILES string of the molecule is CCN1CCCC1CNC(=NC)NCc1ccc2cc(OC)ccc2c1.I. The number of hydrogen-bond donors (Lipinski definition) is 2. The Morgan fingerprint density at radius 3 is 2.70 bits per heavy atom. The first kappa shape index (κ1) is 21.8.